The number of anilines is 3. The maximum absolute atomic E-state index is 5.87. The third kappa shape index (κ3) is 3.61. The molecular formula is C15H18ClN3. The Labute approximate surface area is 118 Å². The van der Waals surface area contributed by atoms with Gasteiger partial charge in [0.25, 0.3) is 0 Å². The van der Waals surface area contributed by atoms with E-state index in [0.29, 0.717) is 16.7 Å². The summed E-state index contributed by atoms with van der Waals surface area (Å²) in [6.45, 7) is 6.57. The van der Waals surface area contributed by atoms with Gasteiger partial charge >= 0.3 is 0 Å². The molecule has 2 rings (SSSR count). The van der Waals surface area contributed by atoms with Gasteiger partial charge in [-0.05, 0) is 29.2 Å². The Kier molecular flexibility index (Phi) is 3.67. The molecule has 0 aliphatic heterocycles. The summed E-state index contributed by atoms with van der Waals surface area (Å²) >= 11 is 5.87. The van der Waals surface area contributed by atoms with Gasteiger partial charge in [-0.2, -0.15) is 0 Å². The van der Waals surface area contributed by atoms with Gasteiger partial charge in [-0.1, -0.05) is 44.5 Å². The second-order valence-corrected chi connectivity index (χ2v) is 5.95. The van der Waals surface area contributed by atoms with E-state index in [9.17, 15) is 0 Å². The van der Waals surface area contributed by atoms with Crippen LogP contribution < -0.4 is 11.1 Å². The fourth-order valence-electron chi connectivity index (χ4n) is 1.78. The lowest BCUT2D eigenvalue weighted by molar-refractivity contribution is 0.590. The van der Waals surface area contributed by atoms with E-state index < -0.39 is 0 Å². The molecule has 0 atom stereocenters. The Morgan fingerprint density at radius 1 is 1.11 bits per heavy atom. The highest BCUT2D eigenvalue weighted by Crippen LogP contribution is 2.25. The number of nitrogens with zero attached hydrogens (tertiary/aromatic N) is 1. The fraction of sp³-hybridized carbons (Fsp3) is 0.267. The Morgan fingerprint density at radius 3 is 2.26 bits per heavy atom. The van der Waals surface area contributed by atoms with Crippen molar-refractivity contribution in [2.45, 2.75) is 26.2 Å². The molecule has 3 N–H and O–H groups in total. The van der Waals surface area contributed by atoms with Crippen molar-refractivity contribution < 1.29 is 0 Å². The predicted molar refractivity (Wildman–Crippen MR) is 82.1 cm³/mol. The van der Waals surface area contributed by atoms with Crippen molar-refractivity contribution in [1.82, 2.24) is 4.98 Å². The Balaban J connectivity index is 2.20. The molecule has 0 aliphatic rings. The summed E-state index contributed by atoms with van der Waals surface area (Å²) in [5.41, 5.74) is 8.72. The van der Waals surface area contributed by atoms with Crippen LogP contribution >= 0.6 is 11.6 Å². The average Bonchev–Trinajstić information content (AvgIpc) is 2.26. The molecule has 0 bridgehead atoms. The molecular weight excluding hydrogens is 258 g/mol. The minimum absolute atomic E-state index is 0.150. The summed E-state index contributed by atoms with van der Waals surface area (Å²) < 4.78 is 0. The molecule has 0 amide bonds. The smallest absolute Gasteiger partial charge is 0.134 e. The van der Waals surface area contributed by atoms with Crippen LogP contribution in [0.2, 0.25) is 5.15 Å². The van der Waals surface area contributed by atoms with Crippen LogP contribution in [0.15, 0.2) is 36.4 Å². The molecule has 0 spiro atoms. The van der Waals surface area contributed by atoms with Crippen molar-refractivity contribution in [1.29, 1.82) is 0 Å². The van der Waals surface area contributed by atoms with Gasteiger partial charge in [-0.25, -0.2) is 4.98 Å². The zero-order chi connectivity index (χ0) is 14.0. The predicted octanol–water partition coefficient (Wildman–Crippen LogP) is 4.36. The van der Waals surface area contributed by atoms with Gasteiger partial charge < -0.3 is 11.1 Å². The van der Waals surface area contributed by atoms with Crippen LogP contribution in [0.3, 0.4) is 0 Å². The SMILES string of the molecule is CC(C)(C)c1ccc(Nc2cc(N)cc(Cl)n2)cc1. The molecule has 1 heterocycles. The molecule has 0 aliphatic carbocycles. The zero-order valence-corrected chi connectivity index (χ0v) is 12.1. The molecule has 1 aromatic heterocycles. The summed E-state index contributed by atoms with van der Waals surface area (Å²) in [5.74, 6) is 0.647. The van der Waals surface area contributed by atoms with Crippen molar-refractivity contribution in [2.75, 3.05) is 11.1 Å². The number of nitrogen functional groups attached to an aromatic ring is 1. The van der Waals surface area contributed by atoms with E-state index in [4.69, 9.17) is 17.3 Å². The summed E-state index contributed by atoms with van der Waals surface area (Å²) in [5, 5.41) is 3.57. The van der Waals surface area contributed by atoms with E-state index in [2.05, 4.69) is 43.2 Å². The highest BCUT2D eigenvalue weighted by molar-refractivity contribution is 6.29. The summed E-state index contributed by atoms with van der Waals surface area (Å²) in [6.07, 6.45) is 0. The molecule has 0 unspecified atom stereocenters. The second-order valence-electron chi connectivity index (χ2n) is 5.56. The van der Waals surface area contributed by atoms with Crippen LogP contribution in [0.5, 0.6) is 0 Å². The average molecular weight is 276 g/mol. The Bertz CT molecular complexity index is 551. The molecule has 19 heavy (non-hydrogen) atoms. The Morgan fingerprint density at radius 2 is 1.74 bits per heavy atom. The minimum atomic E-state index is 0.150. The van der Waals surface area contributed by atoms with E-state index in [0.717, 1.165) is 5.69 Å². The van der Waals surface area contributed by atoms with Gasteiger partial charge in [0.2, 0.25) is 0 Å². The van der Waals surface area contributed by atoms with Crippen molar-refractivity contribution >= 4 is 28.8 Å². The highest BCUT2D eigenvalue weighted by atomic mass is 35.5. The molecule has 100 valence electrons. The van der Waals surface area contributed by atoms with Gasteiger partial charge in [0, 0.05) is 17.4 Å². The van der Waals surface area contributed by atoms with Crippen molar-refractivity contribution in [3.8, 4) is 0 Å². The first-order chi connectivity index (χ1) is 8.84. The number of pyridine rings is 1. The van der Waals surface area contributed by atoms with Crippen molar-refractivity contribution in [3.63, 3.8) is 0 Å². The number of hydrogen-bond acceptors (Lipinski definition) is 3. The first-order valence-corrected chi connectivity index (χ1v) is 6.53. The minimum Gasteiger partial charge on any atom is -0.399 e. The van der Waals surface area contributed by atoms with Gasteiger partial charge in [-0.3, -0.25) is 0 Å². The molecule has 0 saturated carbocycles. The standard InChI is InChI=1S/C15H18ClN3/c1-15(2,3)10-4-6-12(7-5-10)18-14-9-11(17)8-13(16)19-14/h4-9H,1-3H3,(H3,17,18,19). The summed E-state index contributed by atoms with van der Waals surface area (Å²) in [7, 11) is 0. The van der Waals surface area contributed by atoms with Gasteiger partial charge in [0.15, 0.2) is 0 Å². The van der Waals surface area contributed by atoms with Gasteiger partial charge in [0.05, 0.1) is 0 Å². The normalized spacial score (nSPS) is 11.4. The zero-order valence-electron chi connectivity index (χ0n) is 11.4. The van der Waals surface area contributed by atoms with E-state index in [1.54, 1.807) is 12.1 Å². The topological polar surface area (TPSA) is 50.9 Å². The van der Waals surface area contributed by atoms with Crippen LogP contribution in [0.4, 0.5) is 17.2 Å². The van der Waals surface area contributed by atoms with Crippen molar-refractivity contribution in [3.05, 3.63) is 47.1 Å². The Hall–Kier alpha value is -1.74. The first kappa shape index (κ1) is 13.7. The lowest BCUT2D eigenvalue weighted by Crippen LogP contribution is -2.10. The number of nitrogens with one attached hydrogen (secondary N) is 1. The number of halogens is 1. The molecule has 0 fully saturated rings. The molecule has 2 aromatic rings. The number of aromatic nitrogens is 1. The quantitative estimate of drug-likeness (QED) is 0.801. The second kappa shape index (κ2) is 5.10. The third-order valence-electron chi connectivity index (χ3n) is 2.84. The maximum atomic E-state index is 5.87. The lowest BCUT2D eigenvalue weighted by Gasteiger charge is -2.19. The summed E-state index contributed by atoms with van der Waals surface area (Å²) in [6, 6.07) is 11.6. The van der Waals surface area contributed by atoms with Crippen LogP contribution in [0, 0.1) is 0 Å². The van der Waals surface area contributed by atoms with Crippen LogP contribution in [0.1, 0.15) is 26.3 Å². The van der Waals surface area contributed by atoms with Crippen molar-refractivity contribution in [2.24, 2.45) is 0 Å². The third-order valence-corrected chi connectivity index (χ3v) is 3.03. The number of hydrogen-bond donors (Lipinski definition) is 2. The molecule has 1 aromatic carbocycles. The molecule has 0 radical (unpaired) electrons. The number of benzene rings is 1. The van der Waals surface area contributed by atoms with Crippen LogP contribution in [-0.4, -0.2) is 4.98 Å². The van der Waals surface area contributed by atoms with E-state index in [1.165, 1.54) is 5.56 Å². The number of nitrogens with two attached hydrogens (primary N) is 1. The van der Waals surface area contributed by atoms with E-state index >= 15 is 0 Å². The maximum Gasteiger partial charge on any atom is 0.134 e. The fourth-order valence-corrected chi connectivity index (χ4v) is 2.00. The lowest BCUT2D eigenvalue weighted by atomic mass is 9.87. The summed E-state index contributed by atoms with van der Waals surface area (Å²) in [4.78, 5) is 4.17. The van der Waals surface area contributed by atoms with E-state index in [-0.39, 0.29) is 5.41 Å². The van der Waals surface area contributed by atoms with Crippen LogP contribution in [-0.2, 0) is 5.41 Å². The molecule has 4 heteroatoms. The van der Waals surface area contributed by atoms with Gasteiger partial charge in [0.1, 0.15) is 11.0 Å². The van der Waals surface area contributed by atoms with E-state index in [1.807, 2.05) is 12.1 Å². The molecule has 0 saturated heterocycles. The molecule has 3 nitrogen and oxygen atoms in total. The number of rotatable bonds is 2. The van der Waals surface area contributed by atoms with Crippen LogP contribution in [0.25, 0.3) is 0 Å². The first-order valence-electron chi connectivity index (χ1n) is 6.15. The van der Waals surface area contributed by atoms with Gasteiger partial charge in [-0.15, -0.1) is 0 Å². The largest absolute Gasteiger partial charge is 0.399 e. The highest BCUT2D eigenvalue weighted by Gasteiger charge is 2.12. The monoisotopic (exact) mass is 275 g/mol.